The zero-order chi connectivity index (χ0) is 12.7. The van der Waals surface area contributed by atoms with E-state index in [4.69, 9.17) is 0 Å². The van der Waals surface area contributed by atoms with Gasteiger partial charge in [0, 0.05) is 12.2 Å². The van der Waals surface area contributed by atoms with Crippen LogP contribution in [0.1, 0.15) is 19.8 Å². The molecule has 5 heteroatoms. The number of carbonyl (C=O) groups excluding carboxylic acids is 2. The molecular formula is C12H15FN2O2. The second-order valence-corrected chi connectivity index (χ2v) is 3.59. The molecule has 0 aromatic heterocycles. The van der Waals surface area contributed by atoms with Gasteiger partial charge < -0.3 is 10.6 Å². The summed E-state index contributed by atoms with van der Waals surface area (Å²) in [5, 5.41) is 5.04. The van der Waals surface area contributed by atoms with Crippen LogP contribution in [0.15, 0.2) is 24.3 Å². The molecule has 0 fully saturated rings. The van der Waals surface area contributed by atoms with Gasteiger partial charge in [-0.2, -0.15) is 0 Å². The predicted octanol–water partition coefficient (Wildman–Crippen LogP) is 1.68. The minimum Gasteiger partial charge on any atom is -0.356 e. The third-order valence-corrected chi connectivity index (χ3v) is 2.00. The SMILES string of the molecule is CCCNC(=O)CC(=O)Nc1cccc(F)c1. The number of amides is 2. The molecular weight excluding hydrogens is 223 g/mol. The zero-order valence-corrected chi connectivity index (χ0v) is 9.63. The van der Waals surface area contributed by atoms with E-state index >= 15 is 0 Å². The number of hydrogen-bond acceptors (Lipinski definition) is 2. The van der Waals surface area contributed by atoms with Crippen LogP contribution in [0.25, 0.3) is 0 Å². The molecule has 92 valence electrons. The summed E-state index contributed by atoms with van der Waals surface area (Å²) >= 11 is 0. The molecule has 2 N–H and O–H groups in total. The van der Waals surface area contributed by atoms with Crippen molar-refractivity contribution in [2.75, 3.05) is 11.9 Å². The van der Waals surface area contributed by atoms with Gasteiger partial charge in [-0.25, -0.2) is 4.39 Å². The maximum Gasteiger partial charge on any atom is 0.233 e. The van der Waals surface area contributed by atoms with Crippen molar-refractivity contribution in [3.8, 4) is 0 Å². The molecule has 0 atom stereocenters. The smallest absolute Gasteiger partial charge is 0.233 e. The minimum absolute atomic E-state index is 0.253. The molecule has 4 nitrogen and oxygen atoms in total. The van der Waals surface area contributed by atoms with Crippen molar-refractivity contribution in [1.82, 2.24) is 5.32 Å². The molecule has 0 aliphatic rings. The lowest BCUT2D eigenvalue weighted by molar-refractivity contribution is -0.126. The van der Waals surface area contributed by atoms with E-state index in [0.29, 0.717) is 12.2 Å². The number of rotatable bonds is 5. The lowest BCUT2D eigenvalue weighted by Gasteiger charge is -2.05. The fourth-order valence-electron chi connectivity index (χ4n) is 1.24. The topological polar surface area (TPSA) is 58.2 Å². The lowest BCUT2D eigenvalue weighted by Crippen LogP contribution is -2.28. The second-order valence-electron chi connectivity index (χ2n) is 3.59. The summed E-state index contributed by atoms with van der Waals surface area (Å²) < 4.78 is 12.8. The first-order valence-electron chi connectivity index (χ1n) is 5.44. The van der Waals surface area contributed by atoms with E-state index in [-0.39, 0.29) is 12.3 Å². The number of halogens is 1. The van der Waals surface area contributed by atoms with E-state index < -0.39 is 11.7 Å². The normalized spacial score (nSPS) is 9.76. The summed E-state index contributed by atoms with van der Waals surface area (Å²) in [5.74, 6) is -1.22. The van der Waals surface area contributed by atoms with E-state index in [1.165, 1.54) is 18.2 Å². The maximum atomic E-state index is 12.8. The maximum absolute atomic E-state index is 12.8. The van der Waals surface area contributed by atoms with Gasteiger partial charge in [-0.3, -0.25) is 9.59 Å². The van der Waals surface area contributed by atoms with Crippen molar-refractivity contribution in [1.29, 1.82) is 0 Å². The highest BCUT2D eigenvalue weighted by molar-refractivity contribution is 6.03. The molecule has 17 heavy (non-hydrogen) atoms. The van der Waals surface area contributed by atoms with Gasteiger partial charge in [0.1, 0.15) is 12.2 Å². The molecule has 2 amide bonds. The van der Waals surface area contributed by atoms with Gasteiger partial charge in [0.25, 0.3) is 0 Å². The highest BCUT2D eigenvalue weighted by Crippen LogP contribution is 2.09. The first-order chi connectivity index (χ1) is 8.11. The second kappa shape index (κ2) is 6.62. The van der Waals surface area contributed by atoms with Gasteiger partial charge in [-0.1, -0.05) is 13.0 Å². The Morgan fingerprint density at radius 2 is 2.06 bits per heavy atom. The van der Waals surface area contributed by atoms with Crippen LogP contribution in [0.3, 0.4) is 0 Å². The fourth-order valence-corrected chi connectivity index (χ4v) is 1.24. The van der Waals surface area contributed by atoms with Gasteiger partial charge in [-0.05, 0) is 24.6 Å². The quantitative estimate of drug-likeness (QED) is 0.767. The largest absolute Gasteiger partial charge is 0.356 e. The third-order valence-electron chi connectivity index (χ3n) is 2.00. The summed E-state index contributed by atoms with van der Waals surface area (Å²) in [6.07, 6.45) is 0.563. The van der Waals surface area contributed by atoms with E-state index in [9.17, 15) is 14.0 Å². The highest BCUT2D eigenvalue weighted by atomic mass is 19.1. The van der Waals surface area contributed by atoms with Crippen LogP contribution in [-0.4, -0.2) is 18.4 Å². The Labute approximate surface area is 99.2 Å². The molecule has 0 radical (unpaired) electrons. The lowest BCUT2D eigenvalue weighted by atomic mass is 10.3. The number of hydrogen-bond donors (Lipinski definition) is 2. The molecule has 1 aromatic carbocycles. The van der Waals surface area contributed by atoms with E-state index in [1.807, 2.05) is 6.92 Å². The molecule has 0 bridgehead atoms. The summed E-state index contributed by atoms with van der Waals surface area (Å²) in [5.41, 5.74) is 0.346. The van der Waals surface area contributed by atoms with E-state index in [0.717, 1.165) is 6.42 Å². The highest BCUT2D eigenvalue weighted by Gasteiger charge is 2.08. The Morgan fingerprint density at radius 1 is 1.29 bits per heavy atom. The van der Waals surface area contributed by atoms with Gasteiger partial charge in [0.05, 0.1) is 0 Å². The van der Waals surface area contributed by atoms with Crippen molar-refractivity contribution in [3.63, 3.8) is 0 Å². The molecule has 0 spiro atoms. The van der Waals surface area contributed by atoms with Crippen LogP contribution in [0.2, 0.25) is 0 Å². The molecule has 0 unspecified atom stereocenters. The molecule has 1 rings (SSSR count). The van der Waals surface area contributed by atoms with Crippen molar-refractivity contribution in [2.45, 2.75) is 19.8 Å². The van der Waals surface area contributed by atoms with Gasteiger partial charge >= 0.3 is 0 Å². The number of anilines is 1. The standard InChI is InChI=1S/C12H15FN2O2/c1-2-6-14-11(16)8-12(17)15-10-5-3-4-9(13)7-10/h3-5,7H,2,6,8H2,1H3,(H,14,16)(H,15,17). The minimum atomic E-state index is -0.454. The Hall–Kier alpha value is -1.91. The van der Waals surface area contributed by atoms with Crippen LogP contribution < -0.4 is 10.6 Å². The van der Waals surface area contributed by atoms with Crippen LogP contribution in [0, 0.1) is 5.82 Å². The Bertz CT molecular complexity index is 407. The fraction of sp³-hybridized carbons (Fsp3) is 0.333. The van der Waals surface area contributed by atoms with Crippen LogP contribution >= 0.6 is 0 Å². The average Bonchev–Trinajstić information content (AvgIpc) is 2.26. The molecule has 0 aliphatic carbocycles. The van der Waals surface area contributed by atoms with Crippen LogP contribution in [0.5, 0.6) is 0 Å². The van der Waals surface area contributed by atoms with E-state index in [2.05, 4.69) is 10.6 Å². The molecule has 0 saturated carbocycles. The molecule has 0 saturated heterocycles. The molecule has 1 aromatic rings. The first-order valence-corrected chi connectivity index (χ1v) is 5.44. The number of nitrogens with one attached hydrogen (secondary N) is 2. The predicted molar refractivity (Wildman–Crippen MR) is 62.9 cm³/mol. The monoisotopic (exact) mass is 238 g/mol. The Kier molecular flexibility index (Phi) is 5.13. The molecule has 0 heterocycles. The Morgan fingerprint density at radius 3 is 2.71 bits per heavy atom. The first kappa shape index (κ1) is 13.2. The van der Waals surface area contributed by atoms with Crippen molar-refractivity contribution >= 4 is 17.5 Å². The van der Waals surface area contributed by atoms with Crippen LogP contribution in [-0.2, 0) is 9.59 Å². The summed E-state index contributed by atoms with van der Waals surface area (Å²) in [4.78, 5) is 22.6. The molecule has 0 aliphatic heterocycles. The van der Waals surface area contributed by atoms with Gasteiger partial charge in [-0.15, -0.1) is 0 Å². The summed E-state index contributed by atoms with van der Waals surface area (Å²) in [6.45, 7) is 2.47. The van der Waals surface area contributed by atoms with Crippen LogP contribution in [0.4, 0.5) is 10.1 Å². The number of carbonyl (C=O) groups is 2. The zero-order valence-electron chi connectivity index (χ0n) is 9.63. The number of benzene rings is 1. The third kappa shape index (κ3) is 5.10. The van der Waals surface area contributed by atoms with Crippen molar-refractivity contribution in [2.24, 2.45) is 0 Å². The van der Waals surface area contributed by atoms with Gasteiger partial charge in [0.2, 0.25) is 11.8 Å². The summed E-state index contributed by atoms with van der Waals surface area (Å²) in [7, 11) is 0. The van der Waals surface area contributed by atoms with Gasteiger partial charge in [0.15, 0.2) is 0 Å². The van der Waals surface area contributed by atoms with Crippen molar-refractivity contribution in [3.05, 3.63) is 30.1 Å². The summed E-state index contributed by atoms with van der Waals surface area (Å²) in [6, 6.07) is 5.53. The van der Waals surface area contributed by atoms with Crippen molar-refractivity contribution < 1.29 is 14.0 Å². The Balaban J connectivity index is 2.42. The average molecular weight is 238 g/mol. The van der Waals surface area contributed by atoms with E-state index in [1.54, 1.807) is 6.07 Å².